The topological polar surface area (TPSA) is 25.8 Å². The Labute approximate surface area is 683 Å². The summed E-state index contributed by atoms with van der Waals surface area (Å²) in [6.07, 6.45) is 7.27. The van der Waals surface area contributed by atoms with E-state index >= 15 is 0 Å². The zero-order valence-corrected chi connectivity index (χ0v) is 72.9. The lowest BCUT2D eigenvalue weighted by atomic mass is 9.68. The van der Waals surface area contributed by atoms with Gasteiger partial charge in [-0.05, 0) is 263 Å². The maximum Gasteiger partial charge on any atom is 0.0786 e. The predicted molar refractivity (Wildman–Crippen MR) is 498 cm³/mol. The molecule has 0 saturated carbocycles. The maximum atomic E-state index is 4.76. The molecule has 2 aliphatic carbocycles. The molecule has 0 atom stereocenters. The summed E-state index contributed by atoms with van der Waals surface area (Å²) in [5.41, 5.74) is 35.7. The van der Waals surface area contributed by atoms with Gasteiger partial charge in [-0.3, -0.25) is 9.97 Å². The number of pyridine rings is 2. The Hall–Kier alpha value is -10.5. The van der Waals surface area contributed by atoms with Crippen molar-refractivity contribution in [2.24, 2.45) is 16.2 Å². The van der Waals surface area contributed by atoms with Gasteiger partial charge in [0.2, 0.25) is 0 Å². The second-order valence-electron chi connectivity index (χ2n) is 38.6. The first kappa shape index (κ1) is 81.5. The van der Waals surface area contributed by atoms with E-state index in [0.29, 0.717) is 28.1 Å². The summed E-state index contributed by atoms with van der Waals surface area (Å²) in [5, 5.41) is 13.5. The minimum Gasteiger partial charge on any atom is -0.256 e. The van der Waals surface area contributed by atoms with E-state index in [-0.39, 0.29) is 10.8 Å². The molecular weight excluding hydrogens is 1370 g/mol. The van der Waals surface area contributed by atoms with Crippen molar-refractivity contribution in [3.63, 3.8) is 0 Å². The van der Waals surface area contributed by atoms with E-state index in [9.17, 15) is 0 Å². The Morgan fingerprint density at radius 2 is 0.746 bits per heavy atom. The normalized spacial score (nSPS) is 13.1. The van der Waals surface area contributed by atoms with Crippen molar-refractivity contribution in [1.82, 2.24) is 9.97 Å². The summed E-state index contributed by atoms with van der Waals surface area (Å²) in [6, 6.07) is 90.0. The smallest absolute Gasteiger partial charge is 0.0786 e. The second-order valence-corrected chi connectivity index (χ2v) is 38.6. The van der Waals surface area contributed by atoms with Crippen molar-refractivity contribution in [3.8, 4) is 55.9 Å². The molecule has 2 nitrogen and oxygen atoms in total. The van der Waals surface area contributed by atoms with Crippen LogP contribution in [-0.4, -0.2) is 9.97 Å². The van der Waals surface area contributed by atoms with Crippen LogP contribution in [0.15, 0.2) is 255 Å². The number of aromatic nitrogens is 2. The van der Waals surface area contributed by atoms with E-state index in [4.69, 9.17) is 9.97 Å². The molecule has 0 aliphatic heterocycles. The van der Waals surface area contributed by atoms with Gasteiger partial charge in [0.05, 0.1) is 11.4 Å². The molecule has 0 unspecified atom stereocenters. The molecule has 0 spiro atoms. The number of hydrogen-bond acceptors (Lipinski definition) is 2. The molecule has 2 aromatic heterocycles. The lowest BCUT2D eigenvalue weighted by Crippen LogP contribution is -2.24. The van der Waals surface area contributed by atoms with Gasteiger partial charge in [-0.2, -0.15) is 0 Å². The van der Waals surface area contributed by atoms with Crippen molar-refractivity contribution in [1.29, 1.82) is 0 Å². The Bertz CT molecular complexity index is 6070. The summed E-state index contributed by atoms with van der Waals surface area (Å²) in [7, 11) is 0. The third-order valence-electron chi connectivity index (χ3n) is 23.4. The Morgan fingerprint density at radius 3 is 1.29 bits per heavy atom. The maximum absolute atomic E-state index is 4.76. The monoisotopic (exact) mass is 1490 g/mol. The van der Waals surface area contributed by atoms with Crippen LogP contribution >= 0.6 is 0 Å². The summed E-state index contributed by atoms with van der Waals surface area (Å²) in [6.45, 7) is 54.3. The van der Waals surface area contributed by atoms with Crippen LogP contribution < -0.4 is 0 Å². The van der Waals surface area contributed by atoms with Crippen LogP contribution in [0.2, 0.25) is 0 Å². The van der Waals surface area contributed by atoms with Crippen molar-refractivity contribution < 1.29 is 0 Å². The molecule has 2 heterocycles. The van der Waals surface area contributed by atoms with Crippen molar-refractivity contribution >= 4 is 53.9 Å². The fraction of sp³-hybridized carbons (Fsp3) is 0.304. The third-order valence-corrected chi connectivity index (χ3v) is 23.4. The zero-order chi connectivity index (χ0) is 81.7. The van der Waals surface area contributed by atoms with E-state index in [1.165, 1.54) is 187 Å². The van der Waals surface area contributed by atoms with Gasteiger partial charge >= 0.3 is 0 Å². The van der Waals surface area contributed by atoms with E-state index in [0.717, 1.165) is 30.7 Å². The molecular formula is C112H122N2. The summed E-state index contributed by atoms with van der Waals surface area (Å²) in [4.78, 5) is 9.52. The number of hydrogen-bond donors (Lipinski definition) is 0. The fourth-order valence-corrected chi connectivity index (χ4v) is 17.8. The molecule has 2 aliphatic rings. The van der Waals surface area contributed by atoms with Crippen LogP contribution in [0.1, 0.15) is 219 Å². The van der Waals surface area contributed by atoms with Crippen LogP contribution in [0.4, 0.5) is 0 Å². The molecule has 0 N–H and O–H groups in total. The molecule has 580 valence electrons. The number of rotatable bonds is 8. The molecule has 2 heteroatoms. The van der Waals surface area contributed by atoms with Crippen molar-refractivity contribution in [3.05, 3.63) is 344 Å². The third kappa shape index (κ3) is 17.7. The molecule has 0 bridgehead atoms. The molecule has 114 heavy (non-hydrogen) atoms. The summed E-state index contributed by atoms with van der Waals surface area (Å²) >= 11 is 0. The molecule has 0 amide bonds. The van der Waals surface area contributed by atoms with E-state index in [2.05, 4.69) is 409 Å². The number of fused-ring (bicyclic) bond motifs is 7. The Morgan fingerprint density at radius 1 is 0.289 bits per heavy atom. The number of benzene rings is 13. The lowest BCUT2D eigenvalue weighted by molar-refractivity contribution is 0.411. The average molecular weight is 1500 g/mol. The first-order valence-corrected chi connectivity index (χ1v) is 41.8. The highest BCUT2D eigenvalue weighted by molar-refractivity contribution is 6.05. The van der Waals surface area contributed by atoms with Crippen molar-refractivity contribution in [2.75, 3.05) is 0 Å². The number of aryl methyl sites for hydroxylation is 7. The van der Waals surface area contributed by atoms with Crippen molar-refractivity contribution in [2.45, 2.75) is 208 Å². The van der Waals surface area contributed by atoms with Crippen LogP contribution in [-0.2, 0) is 30.1 Å². The molecule has 0 radical (unpaired) electrons. The van der Waals surface area contributed by atoms with Crippen LogP contribution in [0.25, 0.3) is 110 Å². The first-order chi connectivity index (χ1) is 53.9. The second kappa shape index (κ2) is 32.4. The molecule has 13 aromatic carbocycles. The first-order valence-electron chi connectivity index (χ1n) is 41.8. The van der Waals surface area contributed by atoms with Gasteiger partial charge in [-0.1, -0.05) is 358 Å². The SMILES string of the molecule is CC(C)c1cc2c3c(cccc3c1)-c1ccccc1C2(C)C.Cc1cc(C)cc(-c2ncc(C)c3cc(CC(C)(C)C)ccc23)c1.Cc1ccc(-c2ccccc2)c2ccc(CC(C)(C)C)cc12.Cc1ccc2c(c1)-c1nccc3cc(C(C)C)cc(c13)C2(C)C.Cc1cccc(-c2ccc(C)c3cc(CC(C)(C)C)ccc23)c1. The summed E-state index contributed by atoms with van der Waals surface area (Å²) < 4.78 is 0. The minimum absolute atomic E-state index is 0.00220. The molecule has 17 rings (SSSR count). The zero-order valence-electron chi connectivity index (χ0n) is 72.9. The van der Waals surface area contributed by atoms with Crippen LogP contribution in [0, 0.1) is 64.7 Å². The van der Waals surface area contributed by atoms with Gasteiger partial charge in [0.25, 0.3) is 0 Å². The van der Waals surface area contributed by atoms with Gasteiger partial charge < -0.3 is 0 Å². The predicted octanol–water partition coefficient (Wildman–Crippen LogP) is 31.8. The van der Waals surface area contributed by atoms with Gasteiger partial charge in [0, 0.05) is 45.1 Å². The van der Waals surface area contributed by atoms with Crippen LogP contribution in [0.5, 0.6) is 0 Å². The quantitative estimate of drug-likeness (QED) is 0.152. The molecule has 0 saturated heterocycles. The van der Waals surface area contributed by atoms with Gasteiger partial charge in [-0.15, -0.1) is 0 Å². The highest BCUT2D eigenvalue weighted by Crippen LogP contribution is 2.51. The van der Waals surface area contributed by atoms with E-state index in [1.54, 1.807) is 0 Å². The fourth-order valence-electron chi connectivity index (χ4n) is 17.8. The van der Waals surface area contributed by atoms with E-state index in [1.807, 2.05) is 12.4 Å². The largest absolute Gasteiger partial charge is 0.256 e. The Kier molecular flexibility index (Phi) is 23.1. The minimum atomic E-state index is 0.00220. The lowest BCUT2D eigenvalue weighted by Gasteiger charge is -2.35. The Balaban J connectivity index is 0.000000124. The standard InChI is InChI=1S/C23H27N.C23H26.C22H23N.C22H22.C22H24/c1-15-9-16(2)11-19(10-15)22-20-8-7-18(13-23(4,5)6)12-21(20)17(3)14-24-22;1-16-7-6-8-19(13-16)20-11-9-17(2)22-14-18(10-12-21(20)22)15-23(3,4)5;1-13(2)16-11-15-8-9-23-21-17-10-14(3)6-7-18(17)22(4,5)19(12-16)20(15)21;1-14(2)16-12-15-8-7-10-18-17-9-5-6-11-19(17)22(3,4)20(13-16)21(15)18;1-16-10-12-19(18-8-6-5-7-9-18)20-13-11-17(14-21(16)20)15-22(2,3)4/h7-12,14H,13H2,1-6H3;6-14H,15H2,1-5H3;6-13H,1-5H3;5-14H,1-4H3;5-14H,15H2,1-4H3. The number of nitrogens with zero attached hydrogens (tertiary/aromatic N) is 2. The summed E-state index contributed by atoms with van der Waals surface area (Å²) in [5.74, 6) is 1.08. The molecule has 0 fully saturated rings. The van der Waals surface area contributed by atoms with Crippen LogP contribution in [0.3, 0.4) is 0 Å². The van der Waals surface area contributed by atoms with Gasteiger partial charge in [0.15, 0.2) is 0 Å². The highest BCUT2D eigenvalue weighted by Gasteiger charge is 2.36. The van der Waals surface area contributed by atoms with Gasteiger partial charge in [0.1, 0.15) is 0 Å². The van der Waals surface area contributed by atoms with E-state index < -0.39 is 0 Å². The highest BCUT2D eigenvalue weighted by atomic mass is 14.7. The molecule has 15 aromatic rings. The van der Waals surface area contributed by atoms with Gasteiger partial charge in [-0.25, -0.2) is 0 Å². The average Bonchev–Trinajstić information content (AvgIpc) is 0.716.